The molecule has 0 atom stereocenters. The van der Waals surface area contributed by atoms with Crippen LogP contribution < -0.4 is 14.8 Å². The molecule has 0 saturated carbocycles. The zero-order valence-electron chi connectivity index (χ0n) is 9.65. The number of hydrogen-bond donors (Lipinski definition) is 1. The van der Waals surface area contributed by atoms with E-state index in [1.807, 2.05) is 6.92 Å². The van der Waals surface area contributed by atoms with Crippen molar-refractivity contribution in [2.45, 2.75) is 13.5 Å². The second-order valence-electron chi connectivity index (χ2n) is 2.77. The Hall–Kier alpha value is -0.710. The summed E-state index contributed by atoms with van der Waals surface area (Å²) in [5.74, 6) is 1.42. The van der Waals surface area contributed by atoms with Crippen molar-refractivity contribution in [3.63, 3.8) is 0 Å². The highest BCUT2D eigenvalue weighted by Crippen LogP contribution is 2.28. The first-order valence-electron chi connectivity index (χ1n) is 4.60. The molecule has 0 radical (unpaired) electrons. The lowest BCUT2D eigenvalue weighted by Gasteiger charge is -2.11. The molecule has 0 spiro atoms. The van der Waals surface area contributed by atoms with E-state index in [0.29, 0.717) is 12.3 Å². The molecular weight excluding hydrogens is 251 g/mol. The molecule has 0 aromatic carbocycles. The van der Waals surface area contributed by atoms with Gasteiger partial charge in [0.1, 0.15) is 0 Å². The van der Waals surface area contributed by atoms with Gasteiger partial charge in [-0.25, -0.2) is 0 Å². The molecule has 0 aliphatic rings. The SMILES string of the molecule is CCNCc1nccc(OC)c1OC.Cl.Cl. The number of halogens is 2. The summed E-state index contributed by atoms with van der Waals surface area (Å²) in [6.07, 6.45) is 1.72. The molecule has 0 aliphatic carbocycles. The first-order chi connectivity index (χ1) is 6.83. The highest BCUT2D eigenvalue weighted by molar-refractivity contribution is 5.85. The van der Waals surface area contributed by atoms with Gasteiger partial charge >= 0.3 is 0 Å². The van der Waals surface area contributed by atoms with E-state index in [-0.39, 0.29) is 24.8 Å². The number of nitrogens with one attached hydrogen (secondary N) is 1. The fraction of sp³-hybridized carbons (Fsp3) is 0.500. The number of aromatic nitrogens is 1. The maximum atomic E-state index is 5.24. The van der Waals surface area contributed by atoms with Crippen molar-refractivity contribution >= 4 is 24.8 Å². The number of methoxy groups -OCH3 is 2. The van der Waals surface area contributed by atoms with Gasteiger partial charge in [0, 0.05) is 18.8 Å². The predicted molar refractivity (Wildman–Crippen MR) is 69.2 cm³/mol. The number of hydrogen-bond acceptors (Lipinski definition) is 4. The van der Waals surface area contributed by atoms with Crippen LogP contribution in [0.3, 0.4) is 0 Å². The lowest BCUT2D eigenvalue weighted by Crippen LogP contribution is -2.14. The normalized spacial score (nSPS) is 8.69. The molecule has 1 rings (SSSR count). The second-order valence-corrected chi connectivity index (χ2v) is 2.77. The van der Waals surface area contributed by atoms with Crippen LogP contribution in [0.2, 0.25) is 0 Å². The monoisotopic (exact) mass is 268 g/mol. The zero-order chi connectivity index (χ0) is 10.4. The molecular formula is C10H18Cl2N2O2. The van der Waals surface area contributed by atoms with Crippen LogP contribution in [0.1, 0.15) is 12.6 Å². The predicted octanol–water partition coefficient (Wildman–Crippen LogP) is 2.05. The molecule has 4 nitrogen and oxygen atoms in total. The van der Waals surface area contributed by atoms with Gasteiger partial charge in [-0.15, -0.1) is 24.8 Å². The Morgan fingerprint density at radius 3 is 2.44 bits per heavy atom. The summed E-state index contributed by atoms with van der Waals surface area (Å²) in [5, 5.41) is 3.19. The fourth-order valence-electron chi connectivity index (χ4n) is 1.22. The van der Waals surface area contributed by atoms with Gasteiger partial charge in [0.25, 0.3) is 0 Å². The average molecular weight is 269 g/mol. The molecule has 0 bridgehead atoms. The molecule has 1 heterocycles. The number of pyridine rings is 1. The van der Waals surface area contributed by atoms with E-state index in [1.165, 1.54) is 0 Å². The number of ether oxygens (including phenoxy) is 2. The molecule has 94 valence electrons. The molecule has 1 N–H and O–H groups in total. The zero-order valence-corrected chi connectivity index (χ0v) is 11.3. The molecule has 6 heteroatoms. The third-order valence-corrected chi connectivity index (χ3v) is 1.91. The minimum absolute atomic E-state index is 0. The smallest absolute Gasteiger partial charge is 0.183 e. The van der Waals surface area contributed by atoms with Gasteiger partial charge in [0.15, 0.2) is 11.5 Å². The topological polar surface area (TPSA) is 43.4 Å². The van der Waals surface area contributed by atoms with Gasteiger partial charge in [-0.1, -0.05) is 6.92 Å². The van der Waals surface area contributed by atoms with E-state index in [2.05, 4.69) is 10.3 Å². The first-order valence-corrected chi connectivity index (χ1v) is 4.60. The Kier molecular flexibility index (Phi) is 10.5. The molecule has 0 amide bonds. The van der Waals surface area contributed by atoms with Crippen LogP contribution in [0.5, 0.6) is 11.5 Å². The molecule has 0 unspecified atom stereocenters. The van der Waals surface area contributed by atoms with Crippen molar-refractivity contribution in [1.29, 1.82) is 0 Å². The van der Waals surface area contributed by atoms with Crippen molar-refractivity contribution in [3.05, 3.63) is 18.0 Å². The van der Waals surface area contributed by atoms with E-state index < -0.39 is 0 Å². The lowest BCUT2D eigenvalue weighted by atomic mass is 10.3. The van der Waals surface area contributed by atoms with Gasteiger partial charge in [0.2, 0.25) is 0 Å². The Bertz CT molecular complexity index is 298. The second kappa shape index (κ2) is 9.51. The highest BCUT2D eigenvalue weighted by Gasteiger charge is 2.09. The largest absolute Gasteiger partial charge is 0.493 e. The Labute approximate surface area is 109 Å². The highest BCUT2D eigenvalue weighted by atomic mass is 35.5. The van der Waals surface area contributed by atoms with Crippen LogP contribution in [0.4, 0.5) is 0 Å². The maximum Gasteiger partial charge on any atom is 0.183 e. The first kappa shape index (κ1) is 17.7. The van der Waals surface area contributed by atoms with E-state index in [0.717, 1.165) is 18.0 Å². The van der Waals surface area contributed by atoms with Crippen molar-refractivity contribution in [2.75, 3.05) is 20.8 Å². The van der Waals surface area contributed by atoms with Gasteiger partial charge in [-0.2, -0.15) is 0 Å². The summed E-state index contributed by atoms with van der Waals surface area (Å²) in [6, 6.07) is 1.79. The Morgan fingerprint density at radius 1 is 1.25 bits per heavy atom. The Balaban J connectivity index is 0. The van der Waals surface area contributed by atoms with Crippen LogP contribution in [0.15, 0.2) is 12.3 Å². The molecule has 0 fully saturated rings. The fourth-order valence-corrected chi connectivity index (χ4v) is 1.22. The van der Waals surface area contributed by atoms with Crippen LogP contribution in [0.25, 0.3) is 0 Å². The number of nitrogens with zero attached hydrogens (tertiary/aromatic N) is 1. The lowest BCUT2D eigenvalue weighted by molar-refractivity contribution is 0.348. The molecule has 0 saturated heterocycles. The van der Waals surface area contributed by atoms with Gasteiger partial charge in [-0.3, -0.25) is 4.98 Å². The summed E-state index contributed by atoms with van der Waals surface area (Å²) in [4.78, 5) is 4.23. The van der Waals surface area contributed by atoms with Gasteiger partial charge < -0.3 is 14.8 Å². The molecule has 1 aromatic heterocycles. The standard InChI is InChI=1S/C10H16N2O2.2ClH/c1-4-11-7-8-10(14-3)9(13-2)5-6-12-8;;/h5-6,11H,4,7H2,1-3H3;2*1H. The van der Waals surface area contributed by atoms with Crippen molar-refractivity contribution in [2.24, 2.45) is 0 Å². The van der Waals surface area contributed by atoms with E-state index in [1.54, 1.807) is 26.5 Å². The van der Waals surface area contributed by atoms with Crippen molar-refractivity contribution < 1.29 is 9.47 Å². The summed E-state index contributed by atoms with van der Waals surface area (Å²) >= 11 is 0. The summed E-state index contributed by atoms with van der Waals surface area (Å²) in [5.41, 5.74) is 0.869. The summed E-state index contributed by atoms with van der Waals surface area (Å²) in [6.45, 7) is 3.64. The van der Waals surface area contributed by atoms with E-state index in [9.17, 15) is 0 Å². The molecule has 1 aromatic rings. The molecule has 0 aliphatic heterocycles. The van der Waals surface area contributed by atoms with Crippen molar-refractivity contribution in [3.8, 4) is 11.5 Å². The van der Waals surface area contributed by atoms with Crippen LogP contribution >= 0.6 is 24.8 Å². The van der Waals surface area contributed by atoms with E-state index in [4.69, 9.17) is 9.47 Å². The van der Waals surface area contributed by atoms with Crippen LogP contribution in [0, 0.1) is 0 Å². The summed E-state index contributed by atoms with van der Waals surface area (Å²) < 4.78 is 10.4. The third kappa shape index (κ3) is 4.43. The van der Waals surface area contributed by atoms with Crippen molar-refractivity contribution in [1.82, 2.24) is 10.3 Å². The van der Waals surface area contributed by atoms with Crippen LogP contribution in [-0.2, 0) is 6.54 Å². The maximum absolute atomic E-state index is 5.24. The summed E-state index contributed by atoms with van der Waals surface area (Å²) in [7, 11) is 3.24. The molecule has 16 heavy (non-hydrogen) atoms. The minimum Gasteiger partial charge on any atom is -0.493 e. The van der Waals surface area contributed by atoms with Gasteiger partial charge in [-0.05, 0) is 6.54 Å². The van der Waals surface area contributed by atoms with Gasteiger partial charge in [0.05, 0.1) is 19.9 Å². The minimum atomic E-state index is 0. The Morgan fingerprint density at radius 2 is 1.94 bits per heavy atom. The average Bonchev–Trinajstić information content (AvgIpc) is 2.25. The quantitative estimate of drug-likeness (QED) is 0.888. The van der Waals surface area contributed by atoms with E-state index >= 15 is 0 Å². The number of rotatable bonds is 5. The van der Waals surface area contributed by atoms with Crippen LogP contribution in [-0.4, -0.2) is 25.7 Å². The third-order valence-electron chi connectivity index (χ3n) is 1.91.